The first-order valence-electron chi connectivity index (χ1n) is 8.84. The standard InChI is InChI=1S/C19H20N2O4S2/c1-2-25-14(22)10-4-3-7-11-21-18(24)16(27-19(21)26)15-12-8-5-6-9-13(12)20-17(15)23/h5-6,8-9,24H,2-4,7,10-11H2,1H3. The molecule has 142 valence electrons. The Hall–Kier alpha value is -2.32. The molecule has 0 aliphatic carbocycles. The summed E-state index contributed by atoms with van der Waals surface area (Å²) in [5, 5.41) is 12.0. The second kappa shape index (κ2) is 8.58. The van der Waals surface area contributed by atoms with E-state index in [1.165, 1.54) is 11.3 Å². The quantitative estimate of drug-likeness (QED) is 0.415. The summed E-state index contributed by atoms with van der Waals surface area (Å²) >= 11 is 6.60. The van der Waals surface area contributed by atoms with Gasteiger partial charge in [-0.05, 0) is 38.0 Å². The summed E-state index contributed by atoms with van der Waals surface area (Å²) in [5.41, 5.74) is 0.403. The Labute approximate surface area is 165 Å². The van der Waals surface area contributed by atoms with Crippen molar-refractivity contribution in [1.82, 2.24) is 4.57 Å². The number of carbonyl (C=O) groups is 2. The lowest BCUT2D eigenvalue weighted by Crippen LogP contribution is -2.22. The Morgan fingerprint density at radius 3 is 2.85 bits per heavy atom. The molecule has 1 amide bonds. The molecule has 6 nitrogen and oxygen atoms in total. The lowest BCUT2D eigenvalue weighted by atomic mass is 10.1. The molecule has 0 saturated carbocycles. The number of aromatic hydroxyl groups is 1. The van der Waals surface area contributed by atoms with E-state index in [1.54, 1.807) is 17.6 Å². The van der Waals surface area contributed by atoms with E-state index in [9.17, 15) is 14.7 Å². The largest absolute Gasteiger partial charge is 0.493 e. The smallest absolute Gasteiger partial charge is 0.305 e. The monoisotopic (exact) mass is 404 g/mol. The fourth-order valence-electron chi connectivity index (χ4n) is 2.99. The molecule has 2 heterocycles. The molecule has 0 saturated heterocycles. The van der Waals surface area contributed by atoms with Crippen LogP contribution < -0.4 is 10.6 Å². The summed E-state index contributed by atoms with van der Waals surface area (Å²) in [6.07, 6.45) is 2.71. The second-order valence-corrected chi connectivity index (χ2v) is 7.74. The van der Waals surface area contributed by atoms with Gasteiger partial charge in [-0.15, -0.1) is 11.3 Å². The van der Waals surface area contributed by atoms with Gasteiger partial charge in [0, 0.05) is 18.2 Å². The lowest BCUT2D eigenvalue weighted by Gasteiger charge is -2.06. The first kappa shape index (κ1) is 19.4. The van der Waals surface area contributed by atoms with Gasteiger partial charge in [0.2, 0.25) is 5.88 Å². The summed E-state index contributed by atoms with van der Waals surface area (Å²) in [7, 11) is 0. The average molecular weight is 405 g/mol. The molecule has 1 aliphatic rings. The SMILES string of the molecule is CCOC(=O)CCCCCn1c(O)c(C2=c3ccccc3=NC2=O)sc1=S. The number of hydrogen-bond donors (Lipinski definition) is 1. The van der Waals surface area contributed by atoms with E-state index in [0.717, 1.165) is 24.5 Å². The van der Waals surface area contributed by atoms with Gasteiger partial charge < -0.3 is 9.84 Å². The van der Waals surface area contributed by atoms with Crippen LogP contribution in [0.4, 0.5) is 0 Å². The molecule has 0 atom stereocenters. The molecule has 1 N–H and O–H groups in total. The van der Waals surface area contributed by atoms with Crippen molar-refractivity contribution in [1.29, 1.82) is 0 Å². The van der Waals surface area contributed by atoms with E-state index < -0.39 is 0 Å². The number of nitrogens with zero attached hydrogens (tertiary/aromatic N) is 2. The number of para-hydroxylation sites is 1. The maximum atomic E-state index is 12.3. The number of unbranched alkanes of at least 4 members (excludes halogenated alkanes) is 2. The highest BCUT2D eigenvalue weighted by molar-refractivity contribution is 7.73. The second-order valence-electron chi connectivity index (χ2n) is 6.10. The molecule has 0 unspecified atom stereocenters. The molecule has 3 rings (SSSR count). The van der Waals surface area contributed by atoms with E-state index in [-0.39, 0.29) is 17.8 Å². The predicted molar refractivity (Wildman–Crippen MR) is 105 cm³/mol. The number of aromatic nitrogens is 1. The van der Waals surface area contributed by atoms with Gasteiger partial charge in [-0.3, -0.25) is 14.2 Å². The number of esters is 1. The van der Waals surface area contributed by atoms with Gasteiger partial charge in [-0.25, -0.2) is 4.99 Å². The van der Waals surface area contributed by atoms with Gasteiger partial charge in [0.25, 0.3) is 5.91 Å². The molecule has 8 heteroatoms. The third kappa shape index (κ3) is 4.17. The molecule has 0 spiro atoms. The van der Waals surface area contributed by atoms with Gasteiger partial charge in [0.15, 0.2) is 3.95 Å². The molecule has 0 bridgehead atoms. The van der Waals surface area contributed by atoms with E-state index in [2.05, 4.69) is 4.99 Å². The number of benzene rings is 1. The highest BCUT2D eigenvalue weighted by Gasteiger charge is 2.24. The fraction of sp³-hybridized carbons (Fsp3) is 0.368. The molecule has 0 fully saturated rings. The van der Waals surface area contributed by atoms with E-state index in [4.69, 9.17) is 17.0 Å². The van der Waals surface area contributed by atoms with Crippen molar-refractivity contribution in [2.45, 2.75) is 39.2 Å². The van der Waals surface area contributed by atoms with Gasteiger partial charge in [0.05, 0.1) is 17.5 Å². The van der Waals surface area contributed by atoms with Crippen LogP contribution in [0.25, 0.3) is 5.57 Å². The van der Waals surface area contributed by atoms with Crippen molar-refractivity contribution in [2.24, 2.45) is 4.99 Å². The fourth-order valence-corrected chi connectivity index (χ4v) is 4.38. The van der Waals surface area contributed by atoms with Crippen LogP contribution in [0, 0.1) is 3.95 Å². The number of ether oxygens (including phenoxy) is 1. The first-order valence-corrected chi connectivity index (χ1v) is 10.1. The minimum atomic E-state index is -0.357. The van der Waals surface area contributed by atoms with Crippen LogP contribution in [0.1, 0.15) is 37.5 Å². The van der Waals surface area contributed by atoms with Crippen molar-refractivity contribution >= 4 is 41.0 Å². The van der Waals surface area contributed by atoms with Gasteiger partial charge in [-0.1, -0.05) is 24.6 Å². The van der Waals surface area contributed by atoms with Crippen LogP contribution in [0.3, 0.4) is 0 Å². The molecule has 27 heavy (non-hydrogen) atoms. The Morgan fingerprint density at radius 1 is 1.30 bits per heavy atom. The molecule has 2 aromatic rings. The average Bonchev–Trinajstić information content (AvgIpc) is 3.11. The van der Waals surface area contributed by atoms with Crippen LogP contribution in [0.2, 0.25) is 0 Å². The summed E-state index contributed by atoms with van der Waals surface area (Å²) < 4.78 is 7.05. The Kier molecular flexibility index (Phi) is 6.18. The molecular formula is C19H20N2O4S2. The molecule has 1 aliphatic heterocycles. The Bertz CT molecular complexity index is 1050. The highest BCUT2D eigenvalue weighted by Crippen LogP contribution is 2.32. The third-order valence-electron chi connectivity index (χ3n) is 4.27. The number of rotatable bonds is 8. The van der Waals surface area contributed by atoms with Gasteiger partial charge in [-0.2, -0.15) is 0 Å². The van der Waals surface area contributed by atoms with E-state index in [0.29, 0.717) is 39.3 Å². The summed E-state index contributed by atoms with van der Waals surface area (Å²) in [6, 6.07) is 7.25. The number of hydrogen-bond acceptors (Lipinski definition) is 6. The van der Waals surface area contributed by atoms with Crippen molar-refractivity contribution in [3.05, 3.63) is 43.7 Å². The number of amides is 1. The summed E-state index contributed by atoms with van der Waals surface area (Å²) in [6.45, 7) is 2.71. The zero-order valence-electron chi connectivity index (χ0n) is 14.9. The number of fused-ring (bicyclic) bond motifs is 1. The lowest BCUT2D eigenvalue weighted by molar-refractivity contribution is -0.143. The highest BCUT2D eigenvalue weighted by atomic mass is 32.1. The van der Waals surface area contributed by atoms with Crippen molar-refractivity contribution in [3.63, 3.8) is 0 Å². The van der Waals surface area contributed by atoms with Crippen LogP contribution in [0.15, 0.2) is 29.3 Å². The Morgan fingerprint density at radius 2 is 2.07 bits per heavy atom. The van der Waals surface area contributed by atoms with Gasteiger partial charge >= 0.3 is 5.97 Å². The van der Waals surface area contributed by atoms with E-state index >= 15 is 0 Å². The van der Waals surface area contributed by atoms with Crippen LogP contribution in [-0.2, 0) is 20.9 Å². The number of thiazole rings is 1. The van der Waals surface area contributed by atoms with Crippen molar-refractivity contribution < 1.29 is 19.4 Å². The predicted octanol–water partition coefficient (Wildman–Crippen LogP) is 2.47. The van der Waals surface area contributed by atoms with Crippen LogP contribution in [-0.4, -0.2) is 28.2 Å². The van der Waals surface area contributed by atoms with Crippen LogP contribution >= 0.6 is 23.6 Å². The topological polar surface area (TPSA) is 80.9 Å². The normalized spacial score (nSPS) is 12.8. The minimum Gasteiger partial charge on any atom is -0.493 e. The van der Waals surface area contributed by atoms with Crippen LogP contribution in [0.5, 0.6) is 5.88 Å². The number of carbonyl (C=O) groups excluding carboxylic acids is 2. The molecule has 1 aromatic heterocycles. The minimum absolute atomic E-state index is 0.00523. The van der Waals surface area contributed by atoms with E-state index in [1.807, 2.05) is 18.2 Å². The molecule has 1 aromatic carbocycles. The Balaban J connectivity index is 1.74. The maximum absolute atomic E-state index is 12.3. The molecule has 0 radical (unpaired) electrons. The zero-order chi connectivity index (χ0) is 19.4. The van der Waals surface area contributed by atoms with Crippen molar-refractivity contribution in [3.8, 4) is 5.88 Å². The summed E-state index contributed by atoms with van der Waals surface area (Å²) in [5.74, 6) is -0.539. The van der Waals surface area contributed by atoms with Gasteiger partial charge in [0.1, 0.15) is 4.88 Å². The maximum Gasteiger partial charge on any atom is 0.305 e. The first-order chi connectivity index (χ1) is 13.0. The third-order valence-corrected chi connectivity index (χ3v) is 5.73. The zero-order valence-corrected chi connectivity index (χ0v) is 16.6. The molecular weight excluding hydrogens is 384 g/mol. The van der Waals surface area contributed by atoms with Crippen molar-refractivity contribution in [2.75, 3.05) is 6.61 Å². The summed E-state index contributed by atoms with van der Waals surface area (Å²) in [4.78, 5) is 28.2.